The van der Waals surface area contributed by atoms with Gasteiger partial charge in [-0.2, -0.15) is 5.10 Å². The maximum Gasteiger partial charge on any atom is 0.195 e. The van der Waals surface area contributed by atoms with Crippen molar-refractivity contribution >= 4 is 12.2 Å². The highest BCUT2D eigenvalue weighted by atomic mass is 32.1. The van der Waals surface area contributed by atoms with E-state index in [1.807, 2.05) is 7.05 Å². The van der Waals surface area contributed by atoms with E-state index in [-0.39, 0.29) is 6.61 Å². The number of H-pyrrole nitrogens is 1. The van der Waals surface area contributed by atoms with E-state index in [1.165, 1.54) is 0 Å². The van der Waals surface area contributed by atoms with Gasteiger partial charge >= 0.3 is 0 Å². The van der Waals surface area contributed by atoms with Crippen LogP contribution in [0.2, 0.25) is 0 Å². The summed E-state index contributed by atoms with van der Waals surface area (Å²) in [5.74, 6) is 1.24. The Kier molecular flexibility index (Phi) is 2.60. The van der Waals surface area contributed by atoms with Gasteiger partial charge < -0.3 is 9.67 Å². The predicted octanol–water partition coefficient (Wildman–Crippen LogP) is -0.390. The molecule has 0 radical (unpaired) electrons. The standard InChI is InChI=1S/C7H10N6OS/c1-12-4-8-9-5(12)2-13-6(3-14)10-11-7(13)15/h4,14H,2-3H2,1H3,(H,11,15). The van der Waals surface area contributed by atoms with Gasteiger partial charge in [0.05, 0.1) is 6.54 Å². The number of aliphatic hydroxyl groups excluding tert-OH is 1. The summed E-state index contributed by atoms with van der Waals surface area (Å²) in [6.07, 6.45) is 1.61. The topological polar surface area (TPSA) is 84.6 Å². The largest absolute Gasteiger partial charge is 0.388 e. The minimum atomic E-state index is -0.162. The van der Waals surface area contributed by atoms with Crippen LogP contribution in [-0.4, -0.2) is 34.6 Å². The molecule has 0 fully saturated rings. The first-order chi connectivity index (χ1) is 7.22. The summed E-state index contributed by atoms with van der Waals surface area (Å²) >= 11 is 5.03. The van der Waals surface area contributed by atoms with Crippen molar-refractivity contribution in [2.24, 2.45) is 7.05 Å². The van der Waals surface area contributed by atoms with Gasteiger partial charge in [0.15, 0.2) is 16.4 Å². The number of hydrogen-bond acceptors (Lipinski definition) is 5. The lowest BCUT2D eigenvalue weighted by Gasteiger charge is -2.03. The maximum absolute atomic E-state index is 9.04. The van der Waals surface area contributed by atoms with Crippen molar-refractivity contribution < 1.29 is 5.11 Å². The average molecular weight is 226 g/mol. The van der Waals surface area contributed by atoms with Crippen LogP contribution < -0.4 is 0 Å². The van der Waals surface area contributed by atoms with Crippen molar-refractivity contribution in [3.05, 3.63) is 22.7 Å². The van der Waals surface area contributed by atoms with Crippen LogP contribution in [0.3, 0.4) is 0 Å². The van der Waals surface area contributed by atoms with E-state index in [4.69, 9.17) is 17.3 Å². The number of aliphatic hydroxyl groups is 1. The van der Waals surface area contributed by atoms with Gasteiger partial charge in [-0.05, 0) is 12.2 Å². The fraction of sp³-hybridized carbons (Fsp3) is 0.429. The van der Waals surface area contributed by atoms with Crippen molar-refractivity contribution in [1.29, 1.82) is 0 Å². The van der Waals surface area contributed by atoms with E-state index < -0.39 is 0 Å². The fourth-order valence-corrected chi connectivity index (χ4v) is 1.44. The van der Waals surface area contributed by atoms with Crippen LogP contribution in [0.4, 0.5) is 0 Å². The molecule has 7 nitrogen and oxygen atoms in total. The summed E-state index contributed by atoms with van der Waals surface area (Å²) in [6, 6.07) is 0. The molecule has 80 valence electrons. The molecule has 0 aromatic carbocycles. The lowest BCUT2D eigenvalue weighted by molar-refractivity contribution is 0.265. The minimum Gasteiger partial charge on any atom is -0.388 e. The molecule has 0 aliphatic rings. The third-order valence-corrected chi connectivity index (χ3v) is 2.40. The number of rotatable bonds is 3. The molecule has 0 aliphatic carbocycles. The van der Waals surface area contributed by atoms with Crippen molar-refractivity contribution in [2.75, 3.05) is 0 Å². The van der Waals surface area contributed by atoms with E-state index in [9.17, 15) is 0 Å². The number of aromatic nitrogens is 6. The molecule has 0 saturated carbocycles. The highest BCUT2D eigenvalue weighted by Gasteiger charge is 2.08. The first-order valence-electron chi connectivity index (χ1n) is 4.30. The number of hydrogen-bond donors (Lipinski definition) is 2. The van der Waals surface area contributed by atoms with E-state index >= 15 is 0 Å². The molecule has 0 spiro atoms. The molecule has 2 N–H and O–H groups in total. The van der Waals surface area contributed by atoms with Crippen molar-refractivity contribution in [1.82, 2.24) is 29.5 Å². The van der Waals surface area contributed by atoms with E-state index in [0.717, 1.165) is 5.82 Å². The zero-order chi connectivity index (χ0) is 10.8. The molecule has 0 unspecified atom stereocenters. The smallest absolute Gasteiger partial charge is 0.195 e. The maximum atomic E-state index is 9.04. The van der Waals surface area contributed by atoms with Crippen molar-refractivity contribution in [3.63, 3.8) is 0 Å². The molecule has 2 rings (SSSR count). The number of aromatic amines is 1. The second-order valence-electron chi connectivity index (χ2n) is 3.05. The summed E-state index contributed by atoms with van der Waals surface area (Å²) in [4.78, 5) is 0. The third-order valence-electron chi connectivity index (χ3n) is 2.08. The molecule has 0 amide bonds. The van der Waals surface area contributed by atoms with Gasteiger partial charge in [-0.15, -0.1) is 10.2 Å². The van der Waals surface area contributed by atoms with Gasteiger partial charge in [0, 0.05) is 7.05 Å². The normalized spacial score (nSPS) is 10.8. The van der Waals surface area contributed by atoms with E-state index in [0.29, 0.717) is 17.1 Å². The highest BCUT2D eigenvalue weighted by Crippen LogP contribution is 2.02. The van der Waals surface area contributed by atoms with Crippen LogP contribution >= 0.6 is 12.2 Å². The summed E-state index contributed by atoms with van der Waals surface area (Å²) in [7, 11) is 1.84. The van der Waals surface area contributed by atoms with Crippen LogP contribution in [0.25, 0.3) is 0 Å². The fourth-order valence-electron chi connectivity index (χ4n) is 1.23. The van der Waals surface area contributed by atoms with Gasteiger partial charge in [0.1, 0.15) is 12.9 Å². The molecule has 0 bridgehead atoms. The predicted molar refractivity (Wildman–Crippen MR) is 53.4 cm³/mol. The van der Waals surface area contributed by atoms with Gasteiger partial charge in [-0.25, -0.2) is 0 Å². The lowest BCUT2D eigenvalue weighted by Crippen LogP contribution is -2.09. The van der Waals surface area contributed by atoms with Crippen LogP contribution in [0, 0.1) is 4.77 Å². The zero-order valence-corrected chi connectivity index (χ0v) is 8.90. The quantitative estimate of drug-likeness (QED) is 0.696. The monoisotopic (exact) mass is 226 g/mol. The second kappa shape index (κ2) is 3.91. The Morgan fingerprint density at radius 1 is 1.53 bits per heavy atom. The Morgan fingerprint density at radius 3 is 2.93 bits per heavy atom. The molecule has 0 saturated heterocycles. The Labute approximate surface area is 90.4 Å². The van der Waals surface area contributed by atoms with Crippen LogP contribution in [0.15, 0.2) is 6.33 Å². The summed E-state index contributed by atoms with van der Waals surface area (Å²) in [5, 5.41) is 23.2. The summed E-state index contributed by atoms with van der Waals surface area (Å²) in [6.45, 7) is 0.284. The molecular formula is C7H10N6OS. The van der Waals surface area contributed by atoms with Crippen LogP contribution in [-0.2, 0) is 20.2 Å². The van der Waals surface area contributed by atoms with Gasteiger partial charge in [-0.1, -0.05) is 0 Å². The number of nitrogens with one attached hydrogen (secondary N) is 1. The molecule has 8 heteroatoms. The molecule has 2 aromatic rings. The average Bonchev–Trinajstić information content (AvgIpc) is 2.77. The molecule has 15 heavy (non-hydrogen) atoms. The van der Waals surface area contributed by atoms with Crippen LogP contribution in [0.5, 0.6) is 0 Å². The Morgan fingerprint density at radius 2 is 2.33 bits per heavy atom. The van der Waals surface area contributed by atoms with E-state index in [1.54, 1.807) is 15.5 Å². The van der Waals surface area contributed by atoms with Gasteiger partial charge in [-0.3, -0.25) is 9.67 Å². The third kappa shape index (κ3) is 1.81. The Bertz CT molecular complexity index is 512. The van der Waals surface area contributed by atoms with Gasteiger partial charge in [0.2, 0.25) is 0 Å². The Hall–Kier alpha value is -1.54. The molecule has 0 atom stereocenters. The summed E-state index contributed by atoms with van der Waals surface area (Å²) in [5.41, 5.74) is 0. The minimum absolute atomic E-state index is 0.162. The summed E-state index contributed by atoms with van der Waals surface area (Å²) < 4.78 is 3.93. The highest BCUT2D eigenvalue weighted by molar-refractivity contribution is 7.71. The second-order valence-corrected chi connectivity index (χ2v) is 3.43. The van der Waals surface area contributed by atoms with Gasteiger partial charge in [0.25, 0.3) is 0 Å². The molecule has 0 aliphatic heterocycles. The van der Waals surface area contributed by atoms with Crippen LogP contribution in [0.1, 0.15) is 11.6 Å². The number of nitrogens with zero attached hydrogens (tertiary/aromatic N) is 5. The first-order valence-corrected chi connectivity index (χ1v) is 4.71. The van der Waals surface area contributed by atoms with Crippen molar-refractivity contribution in [3.8, 4) is 0 Å². The first kappa shape index (κ1) is 9.99. The SMILES string of the molecule is Cn1cnnc1Cn1c(CO)n[nH]c1=S. The zero-order valence-electron chi connectivity index (χ0n) is 8.08. The lowest BCUT2D eigenvalue weighted by atomic mass is 10.5. The van der Waals surface area contributed by atoms with E-state index in [2.05, 4.69) is 20.4 Å². The molecular weight excluding hydrogens is 216 g/mol. The number of aryl methyl sites for hydroxylation is 1. The molecule has 2 heterocycles. The molecule has 2 aromatic heterocycles. The Balaban J connectivity index is 2.35. The van der Waals surface area contributed by atoms with Crippen molar-refractivity contribution in [2.45, 2.75) is 13.2 Å².